The molecule has 2 saturated heterocycles. The van der Waals surface area contributed by atoms with Gasteiger partial charge in [0.05, 0.1) is 6.04 Å². The van der Waals surface area contributed by atoms with Crippen LogP contribution in [-0.4, -0.2) is 41.4 Å². The number of hydrogen-bond acceptors (Lipinski definition) is 3. The molecule has 0 spiro atoms. The largest absolute Gasteiger partial charge is 0.341 e. The van der Waals surface area contributed by atoms with Crippen LogP contribution in [0.1, 0.15) is 25.7 Å². The molecule has 0 bridgehead atoms. The average Bonchev–Trinajstić information content (AvgIpc) is 2.26. The van der Waals surface area contributed by atoms with Crippen LogP contribution in [0.15, 0.2) is 0 Å². The van der Waals surface area contributed by atoms with Gasteiger partial charge in [0.15, 0.2) is 0 Å². The van der Waals surface area contributed by atoms with Crippen molar-refractivity contribution < 1.29 is 4.79 Å². The van der Waals surface area contributed by atoms with Gasteiger partial charge in [-0.1, -0.05) is 0 Å². The van der Waals surface area contributed by atoms with Crippen LogP contribution in [0.4, 0.5) is 0 Å². The molecule has 0 saturated carbocycles. The quantitative estimate of drug-likeness (QED) is 0.769. The zero-order valence-corrected chi connectivity index (χ0v) is 9.97. The predicted octanol–water partition coefficient (Wildman–Crippen LogP) is 1.08. The highest BCUT2D eigenvalue weighted by Gasteiger charge is 2.27. The lowest BCUT2D eigenvalue weighted by Crippen LogP contribution is -2.50. The second kappa shape index (κ2) is 5.21. The Morgan fingerprint density at radius 2 is 2.07 bits per heavy atom. The van der Waals surface area contributed by atoms with E-state index in [0.29, 0.717) is 0 Å². The van der Waals surface area contributed by atoms with Gasteiger partial charge in [-0.15, -0.1) is 0 Å². The number of piperidine rings is 1. The fourth-order valence-corrected chi connectivity index (χ4v) is 3.60. The van der Waals surface area contributed by atoms with Gasteiger partial charge in [-0.25, -0.2) is 0 Å². The Kier molecular flexibility index (Phi) is 3.92. The van der Waals surface area contributed by atoms with Crippen molar-refractivity contribution in [2.75, 3.05) is 24.6 Å². The highest BCUT2D eigenvalue weighted by molar-refractivity contribution is 7.99. The van der Waals surface area contributed by atoms with E-state index in [1.165, 1.54) is 24.3 Å². The van der Waals surface area contributed by atoms with Crippen LogP contribution in [0.5, 0.6) is 0 Å². The smallest absolute Gasteiger partial charge is 0.239 e. The van der Waals surface area contributed by atoms with Crippen LogP contribution in [0.25, 0.3) is 0 Å². The SMILES string of the molecule is NC1CCCN(CC2CCSCC2)C1=O. The molecule has 15 heavy (non-hydrogen) atoms. The van der Waals surface area contributed by atoms with Gasteiger partial charge >= 0.3 is 0 Å². The van der Waals surface area contributed by atoms with Crippen LogP contribution < -0.4 is 5.73 Å². The van der Waals surface area contributed by atoms with E-state index in [1.54, 1.807) is 0 Å². The monoisotopic (exact) mass is 228 g/mol. The van der Waals surface area contributed by atoms with Crippen molar-refractivity contribution in [1.82, 2.24) is 4.90 Å². The number of carbonyl (C=O) groups excluding carboxylic acids is 1. The summed E-state index contributed by atoms with van der Waals surface area (Å²) in [6.07, 6.45) is 4.48. The van der Waals surface area contributed by atoms with Crippen molar-refractivity contribution in [2.45, 2.75) is 31.7 Å². The molecule has 2 aliphatic heterocycles. The van der Waals surface area contributed by atoms with E-state index >= 15 is 0 Å². The molecule has 86 valence electrons. The van der Waals surface area contributed by atoms with Crippen molar-refractivity contribution in [2.24, 2.45) is 11.7 Å². The summed E-state index contributed by atoms with van der Waals surface area (Å²) in [5.41, 5.74) is 5.78. The van der Waals surface area contributed by atoms with Gasteiger partial charge in [0.1, 0.15) is 0 Å². The first-order valence-electron chi connectivity index (χ1n) is 5.89. The summed E-state index contributed by atoms with van der Waals surface area (Å²) in [5, 5.41) is 0. The highest BCUT2D eigenvalue weighted by Crippen LogP contribution is 2.24. The standard InChI is InChI=1S/C11H20N2OS/c12-10-2-1-5-13(11(10)14)8-9-3-6-15-7-4-9/h9-10H,1-8,12H2. The number of rotatable bonds is 2. The Morgan fingerprint density at radius 1 is 1.33 bits per heavy atom. The van der Waals surface area contributed by atoms with Crippen LogP contribution in [-0.2, 0) is 4.79 Å². The molecule has 3 nitrogen and oxygen atoms in total. The van der Waals surface area contributed by atoms with Crippen LogP contribution in [0, 0.1) is 5.92 Å². The zero-order chi connectivity index (χ0) is 10.7. The molecule has 1 unspecified atom stereocenters. The van der Waals surface area contributed by atoms with Gasteiger partial charge in [0.2, 0.25) is 5.91 Å². The molecule has 0 radical (unpaired) electrons. The number of amides is 1. The molecular weight excluding hydrogens is 208 g/mol. The topological polar surface area (TPSA) is 46.3 Å². The number of hydrogen-bond donors (Lipinski definition) is 1. The first-order chi connectivity index (χ1) is 7.27. The first kappa shape index (κ1) is 11.3. The molecule has 2 heterocycles. The minimum Gasteiger partial charge on any atom is -0.341 e. The van der Waals surface area contributed by atoms with E-state index < -0.39 is 0 Å². The van der Waals surface area contributed by atoms with E-state index in [2.05, 4.69) is 0 Å². The molecule has 2 fully saturated rings. The molecule has 2 N–H and O–H groups in total. The highest BCUT2D eigenvalue weighted by atomic mass is 32.2. The van der Waals surface area contributed by atoms with Crippen LogP contribution in [0.3, 0.4) is 0 Å². The summed E-state index contributed by atoms with van der Waals surface area (Å²) in [7, 11) is 0. The predicted molar refractivity (Wildman–Crippen MR) is 63.8 cm³/mol. The maximum Gasteiger partial charge on any atom is 0.239 e. The fraction of sp³-hybridized carbons (Fsp3) is 0.909. The summed E-state index contributed by atoms with van der Waals surface area (Å²) in [5.74, 6) is 3.43. The van der Waals surface area contributed by atoms with Crippen molar-refractivity contribution in [3.63, 3.8) is 0 Å². The Balaban J connectivity index is 1.84. The maximum absolute atomic E-state index is 11.8. The maximum atomic E-state index is 11.8. The Morgan fingerprint density at radius 3 is 2.80 bits per heavy atom. The number of nitrogens with zero attached hydrogens (tertiary/aromatic N) is 1. The summed E-state index contributed by atoms with van der Waals surface area (Å²) in [4.78, 5) is 13.8. The van der Waals surface area contributed by atoms with Crippen molar-refractivity contribution >= 4 is 17.7 Å². The molecular formula is C11H20N2OS. The second-order valence-electron chi connectivity index (χ2n) is 4.59. The van der Waals surface area contributed by atoms with Gasteiger partial charge in [0.25, 0.3) is 0 Å². The first-order valence-corrected chi connectivity index (χ1v) is 7.05. The van der Waals surface area contributed by atoms with Crippen LogP contribution >= 0.6 is 11.8 Å². The molecule has 1 atom stereocenters. The second-order valence-corrected chi connectivity index (χ2v) is 5.81. The Bertz CT molecular complexity index is 229. The van der Waals surface area contributed by atoms with E-state index in [9.17, 15) is 4.79 Å². The Labute approximate surface area is 95.8 Å². The molecule has 1 amide bonds. The number of nitrogens with two attached hydrogens (primary N) is 1. The summed E-state index contributed by atoms with van der Waals surface area (Å²) < 4.78 is 0. The number of carbonyl (C=O) groups is 1. The molecule has 0 aliphatic carbocycles. The normalized spacial score (nSPS) is 29.5. The number of likely N-dealkylation sites (tertiary alicyclic amines) is 1. The third-order valence-corrected chi connectivity index (χ3v) is 4.44. The van der Waals surface area contributed by atoms with Crippen molar-refractivity contribution in [1.29, 1.82) is 0 Å². The molecule has 2 rings (SSSR count). The van der Waals surface area contributed by atoms with Gasteiger partial charge < -0.3 is 10.6 Å². The molecule has 0 aromatic heterocycles. The molecule has 0 aromatic carbocycles. The van der Waals surface area contributed by atoms with Gasteiger partial charge in [-0.3, -0.25) is 4.79 Å². The minimum atomic E-state index is -0.225. The zero-order valence-electron chi connectivity index (χ0n) is 9.15. The minimum absolute atomic E-state index is 0.180. The van der Waals surface area contributed by atoms with E-state index in [1.807, 2.05) is 16.7 Å². The van der Waals surface area contributed by atoms with Crippen molar-refractivity contribution in [3.8, 4) is 0 Å². The summed E-state index contributed by atoms with van der Waals surface area (Å²) in [6.45, 7) is 1.88. The third kappa shape index (κ3) is 2.88. The fourth-order valence-electron chi connectivity index (χ4n) is 2.39. The molecule has 2 aliphatic rings. The summed E-state index contributed by atoms with van der Waals surface area (Å²) >= 11 is 2.03. The van der Waals surface area contributed by atoms with Gasteiger partial charge in [-0.2, -0.15) is 11.8 Å². The van der Waals surface area contributed by atoms with Gasteiger partial charge in [0, 0.05) is 13.1 Å². The lowest BCUT2D eigenvalue weighted by atomic mass is 9.99. The average molecular weight is 228 g/mol. The van der Waals surface area contributed by atoms with Gasteiger partial charge in [-0.05, 0) is 43.1 Å². The van der Waals surface area contributed by atoms with Crippen LogP contribution in [0.2, 0.25) is 0 Å². The van der Waals surface area contributed by atoms with E-state index in [0.717, 1.165) is 31.8 Å². The molecule has 4 heteroatoms. The van der Waals surface area contributed by atoms with E-state index in [-0.39, 0.29) is 11.9 Å². The lowest BCUT2D eigenvalue weighted by Gasteiger charge is -2.34. The lowest BCUT2D eigenvalue weighted by molar-refractivity contribution is -0.135. The third-order valence-electron chi connectivity index (χ3n) is 3.39. The summed E-state index contributed by atoms with van der Waals surface area (Å²) in [6, 6.07) is -0.225. The number of thioether (sulfide) groups is 1. The van der Waals surface area contributed by atoms with Crippen molar-refractivity contribution in [3.05, 3.63) is 0 Å². The Hall–Kier alpha value is -0.220. The molecule has 0 aromatic rings. The van der Waals surface area contributed by atoms with E-state index in [4.69, 9.17) is 5.73 Å².